The third-order valence-corrected chi connectivity index (χ3v) is 2.82. The van der Waals surface area contributed by atoms with Crippen molar-refractivity contribution in [2.45, 2.75) is 13.3 Å². The van der Waals surface area contributed by atoms with E-state index in [1.54, 1.807) is 6.07 Å². The Hall–Kier alpha value is -2.16. The molecule has 0 aliphatic rings. The van der Waals surface area contributed by atoms with Crippen molar-refractivity contribution >= 4 is 5.97 Å². The fourth-order valence-electron chi connectivity index (χ4n) is 1.94. The molecule has 2 aromatic rings. The molecule has 3 heteroatoms. The van der Waals surface area contributed by atoms with E-state index in [1.807, 2.05) is 31.2 Å². The Labute approximate surface area is 105 Å². The first-order valence-corrected chi connectivity index (χ1v) is 5.64. The van der Waals surface area contributed by atoms with E-state index in [2.05, 4.69) is 0 Å². The summed E-state index contributed by atoms with van der Waals surface area (Å²) in [5, 5.41) is 8.76. The highest BCUT2D eigenvalue weighted by atomic mass is 19.1. The van der Waals surface area contributed by atoms with E-state index in [0.717, 1.165) is 11.1 Å². The third kappa shape index (κ3) is 2.56. The van der Waals surface area contributed by atoms with Crippen molar-refractivity contribution in [2.24, 2.45) is 0 Å². The highest BCUT2D eigenvalue weighted by Crippen LogP contribution is 2.27. The van der Waals surface area contributed by atoms with Crippen molar-refractivity contribution in [3.63, 3.8) is 0 Å². The second kappa shape index (κ2) is 5.00. The van der Waals surface area contributed by atoms with Crippen LogP contribution in [0, 0.1) is 12.7 Å². The van der Waals surface area contributed by atoms with Crippen LogP contribution in [0.25, 0.3) is 11.1 Å². The first-order chi connectivity index (χ1) is 8.58. The predicted molar refractivity (Wildman–Crippen MR) is 67.9 cm³/mol. The first-order valence-electron chi connectivity index (χ1n) is 5.64. The molecule has 18 heavy (non-hydrogen) atoms. The lowest BCUT2D eigenvalue weighted by Crippen LogP contribution is -2.00. The van der Waals surface area contributed by atoms with Crippen LogP contribution in [0.3, 0.4) is 0 Å². The lowest BCUT2D eigenvalue weighted by molar-refractivity contribution is -0.136. The Morgan fingerprint density at radius 2 is 1.89 bits per heavy atom. The highest BCUT2D eigenvalue weighted by molar-refractivity contribution is 5.73. The summed E-state index contributed by atoms with van der Waals surface area (Å²) in [6.07, 6.45) is -0.0981. The summed E-state index contributed by atoms with van der Waals surface area (Å²) in [7, 11) is 0. The lowest BCUT2D eigenvalue weighted by Gasteiger charge is -2.08. The van der Waals surface area contributed by atoms with Crippen LogP contribution in [0.2, 0.25) is 0 Å². The Morgan fingerprint density at radius 1 is 1.17 bits per heavy atom. The van der Waals surface area contributed by atoms with Gasteiger partial charge in [0.25, 0.3) is 0 Å². The van der Waals surface area contributed by atoms with Crippen LogP contribution in [-0.4, -0.2) is 11.1 Å². The maximum absolute atomic E-state index is 13.8. The molecule has 0 heterocycles. The van der Waals surface area contributed by atoms with Crippen LogP contribution in [0.4, 0.5) is 4.39 Å². The van der Waals surface area contributed by atoms with E-state index < -0.39 is 5.97 Å². The molecule has 2 nitrogen and oxygen atoms in total. The number of carbonyl (C=O) groups is 1. The number of benzene rings is 2. The Balaban J connectivity index is 2.50. The van der Waals surface area contributed by atoms with Gasteiger partial charge in [0.05, 0.1) is 6.42 Å². The minimum absolute atomic E-state index is 0.0981. The van der Waals surface area contributed by atoms with E-state index >= 15 is 0 Å². The number of carboxylic acids is 1. The first kappa shape index (κ1) is 12.3. The van der Waals surface area contributed by atoms with Gasteiger partial charge in [-0.3, -0.25) is 4.79 Å². The Kier molecular flexibility index (Phi) is 3.42. The number of hydrogen-bond acceptors (Lipinski definition) is 1. The Bertz CT molecular complexity index is 591. The van der Waals surface area contributed by atoms with Gasteiger partial charge in [-0.15, -0.1) is 0 Å². The number of hydrogen-bond donors (Lipinski definition) is 1. The van der Waals surface area contributed by atoms with Crippen molar-refractivity contribution < 1.29 is 14.3 Å². The van der Waals surface area contributed by atoms with Gasteiger partial charge in [0.15, 0.2) is 0 Å². The number of halogens is 1. The summed E-state index contributed by atoms with van der Waals surface area (Å²) < 4.78 is 13.8. The summed E-state index contributed by atoms with van der Waals surface area (Å²) in [6, 6.07) is 11.9. The fraction of sp³-hybridized carbons (Fsp3) is 0.133. The predicted octanol–water partition coefficient (Wildman–Crippen LogP) is 3.43. The van der Waals surface area contributed by atoms with Gasteiger partial charge in [-0.05, 0) is 35.7 Å². The zero-order valence-corrected chi connectivity index (χ0v) is 9.98. The van der Waals surface area contributed by atoms with Crippen LogP contribution in [0.1, 0.15) is 11.1 Å². The molecule has 2 rings (SSSR count). The molecule has 2 aromatic carbocycles. The standard InChI is InChI=1S/C15H13FO2/c1-10-4-2-3-5-12(10)13-8-11(9-15(17)18)6-7-14(13)16/h2-8H,9H2,1H3,(H,17,18). The van der Waals surface area contributed by atoms with Gasteiger partial charge in [-0.2, -0.15) is 0 Å². The van der Waals surface area contributed by atoms with Gasteiger partial charge in [-0.1, -0.05) is 30.3 Å². The molecule has 0 unspecified atom stereocenters. The normalized spacial score (nSPS) is 10.3. The summed E-state index contributed by atoms with van der Waals surface area (Å²) >= 11 is 0. The monoisotopic (exact) mass is 244 g/mol. The van der Waals surface area contributed by atoms with Crippen LogP contribution in [0.5, 0.6) is 0 Å². The van der Waals surface area contributed by atoms with E-state index in [-0.39, 0.29) is 12.2 Å². The molecule has 0 bridgehead atoms. The molecule has 0 amide bonds. The van der Waals surface area contributed by atoms with Crippen LogP contribution >= 0.6 is 0 Å². The molecule has 0 radical (unpaired) electrons. The van der Waals surface area contributed by atoms with E-state index in [0.29, 0.717) is 11.1 Å². The molecule has 0 aromatic heterocycles. The van der Waals surface area contributed by atoms with E-state index in [9.17, 15) is 9.18 Å². The van der Waals surface area contributed by atoms with Crippen molar-refractivity contribution in [3.05, 3.63) is 59.4 Å². The SMILES string of the molecule is Cc1ccccc1-c1cc(CC(=O)O)ccc1F. The largest absolute Gasteiger partial charge is 0.481 e. The zero-order chi connectivity index (χ0) is 13.1. The smallest absolute Gasteiger partial charge is 0.307 e. The maximum Gasteiger partial charge on any atom is 0.307 e. The van der Waals surface area contributed by atoms with Crippen molar-refractivity contribution in [2.75, 3.05) is 0 Å². The Morgan fingerprint density at radius 3 is 2.56 bits per heavy atom. The molecule has 0 saturated heterocycles. The summed E-state index contributed by atoms with van der Waals surface area (Å²) in [6.45, 7) is 1.90. The minimum atomic E-state index is -0.919. The zero-order valence-electron chi connectivity index (χ0n) is 9.98. The van der Waals surface area contributed by atoms with Gasteiger partial charge < -0.3 is 5.11 Å². The summed E-state index contributed by atoms with van der Waals surface area (Å²) in [5.41, 5.74) is 2.81. The maximum atomic E-state index is 13.8. The second-order valence-electron chi connectivity index (χ2n) is 4.20. The topological polar surface area (TPSA) is 37.3 Å². The molecule has 0 aliphatic heterocycles. The van der Waals surface area contributed by atoms with E-state index in [4.69, 9.17) is 5.11 Å². The van der Waals surface area contributed by atoms with Crippen molar-refractivity contribution in [3.8, 4) is 11.1 Å². The number of aryl methyl sites for hydroxylation is 1. The fourth-order valence-corrected chi connectivity index (χ4v) is 1.94. The molecule has 0 saturated carbocycles. The molecule has 92 valence electrons. The second-order valence-corrected chi connectivity index (χ2v) is 4.20. The van der Waals surface area contributed by atoms with E-state index in [1.165, 1.54) is 12.1 Å². The van der Waals surface area contributed by atoms with Gasteiger partial charge in [0, 0.05) is 5.56 Å². The third-order valence-electron chi connectivity index (χ3n) is 2.82. The van der Waals surface area contributed by atoms with Crippen molar-refractivity contribution in [1.29, 1.82) is 0 Å². The molecule has 0 atom stereocenters. The summed E-state index contributed by atoms with van der Waals surface area (Å²) in [5.74, 6) is -1.25. The lowest BCUT2D eigenvalue weighted by atomic mass is 9.97. The molecule has 0 fully saturated rings. The van der Waals surface area contributed by atoms with Crippen LogP contribution in [0.15, 0.2) is 42.5 Å². The van der Waals surface area contributed by atoms with Gasteiger partial charge in [0.1, 0.15) is 5.82 Å². The molecule has 0 spiro atoms. The van der Waals surface area contributed by atoms with Crippen LogP contribution < -0.4 is 0 Å². The molecular weight excluding hydrogens is 231 g/mol. The van der Waals surface area contributed by atoms with Crippen LogP contribution in [-0.2, 0) is 11.2 Å². The number of aliphatic carboxylic acids is 1. The van der Waals surface area contributed by atoms with Gasteiger partial charge in [-0.25, -0.2) is 4.39 Å². The van der Waals surface area contributed by atoms with Gasteiger partial charge in [0.2, 0.25) is 0 Å². The van der Waals surface area contributed by atoms with Crippen molar-refractivity contribution in [1.82, 2.24) is 0 Å². The average molecular weight is 244 g/mol. The summed E-state index contributed by atoms with van der Waals surface area (Å²) in [4.78, 5) is 10.7. The molecular formula is C15H13FO2. The number of carboxylic acid groups (broad SMARTS) is 1. The minimum Gasteiger partial charge on any atom is -0.481 e. The average Bonchev–Trinajstić information content (AvgIpc) is 2.32. The molecule has 1 N–H and O–H groups in total. The molecule has 0 aliphatic carbocycles. The number of rotatable bonds is 3. The van der Waals surface area contributed by atoms with Gasteiger partial charge >= 0.3 is 5.97 Å². The highest BCUT2D eigenvalue weighted by Gasteiger charge is 2.09. The quantitative estimate of drug-likeness (QED) is 0.898.